The van der Waals surface area contributed by atoms with Gasteiger partial charge in [-0.25, -0.2) is 0 Å². The maximum atomic E-state index is 14.1. The van der Waals surface area contributed by atoms with Crippen LogP contribution >= 0.6 is 11.8 Å². The number of carboxylic acid groups (broad SMARTS) is 1. The lowest BCUT2D eigenvalue weighted by Gasteiger charge is -2.30. The molecule has 0 aliphatic carbocycles. The fourth-order valence-corrected chi connectivity index (χ4v) is 12.1. The lowest BCUT2D eigenvalue weighted by atomic mass is 10.0. The van der Waals surface area contributed by atoms with Crippen molar-refractivity contribution in [3.8, 4) is 0 Å². The number of carboxylic acids is 1. The van der Waals surface area contributed by atoms with Crippen LogP contribution in [0, 0.1) is 11.8 Å². The van der Waals surface area contributed by atoms with Crippen LogP contribution in [0.2, 0.25) is 0 Å². The monoisotopic (exact) mass is 1640 g/mol. The first-order valence-electron chi connectivity index (χ1n) is 37.4. The van der Waals surface area contributed by atoms with Gasteiger partial charge in [-0.3, -0.25) is 96.3 Å². The van der Waals surface area contributed by atoms with Crippen LogP contribution in [0.4, 0.5) is 0 Å². The summed E-state index contributed by atoms with van der Waals surface area (Å²) in [5, 5.41) is 63.4. The van der Waals surface area contributed by atoms with Gasteiger partial charge in [-0.15, -0.1) is 0 Å². The summed E-state index contributed by atoms with van der Waals surface area (Å²) in [4.78, 5) is 249. The van der Waals surface area contributed by atoms with Crippen molar-refractivity contribution in [1.29, 1.82) is 0 Å². The van der Waals surface area contributed by atoms with Gasteiger partial charge in [0.25, 0.3) is 0 Å². The van der Waals surface area contributed by atoms with E-state index in [-0.39, 0.29) is 101 Å². The van der Waals surface area contributed by atoms with Gasteiger partial charge in [0, 0.05) is 32.6 Å². The Kier molecular flexibility index (Phi) is 44.5. The standard InChI is InChI=1S/C68H118N24O21S/c1-33(2)26-43(58(105)80-31-52(99)100)88-59(106)40(14-10-21-75-67(71)72)86-64(111)46-16-12-23-91(46)51(98)30-79-65(112)53(38(8)94)90-50(97)29-78-54(101)35(5)82-62(109)45(32-93)89-60(107)41(18-19-48(70)95)85-61(108)44(27-34(3)4)84-49(96)28-77-55(102)36(6)83-63(110)47-17-13-24-92(47)66(113)42(15-11-22-76-68(73)74)87-56(103)37(7)81-57(104)39(69)20-25-114-9/h33-47,53,93-94H,10-32,69H2,1-9H3,(H2,70,95)(H,77,102)(H,78,101)(H,79,112)(H,80,105)(H,81,104)(H,82,109)(H,83,110)(H,84,96)(H,85,108)(H,86,111)(H,87,103)(H,88,106)(H,89,107)(H,90,97)(H,99,100)(H4,71,72,75)(H4,73,74,76)/t35-,36-,37-,38+,39-,40-,41-,42-,43-,44-,45-,46-,47-,53-/m0/s1. The highest BCUT2D eigenvalue weighted by atomic mass is 32.2. The van der Waals surface area contributed by atoms with Crippen LogP contribution in [0.3, 0.4) is 0 Å². The zero-order valence-corrected chi connectivity index (χ0v) is 66.7. The summed E-state index contributed by atoms with van der Waals surface area (Å²) in [6, 6.07) is -17.5. The Morgan fingerprint density at radius 1 is 0.456 bits per heavy atom. The minimum absolute atomic E-state index is 0.0224. The number of amides is 17. The SMILES string of the molecule is CSCC[C@H](N)C(=O)N[C@@H](C)C(=O)N[C@@H](CCCN=C(N)N)C(=O)N1CCC[C@H]1C(=O)N[C@@H](C)C(=O)NCC(=O)N[C@@H](CC(C)C)C(=O)N[C@@H](CCC(N)=O)C(=O)N[C@@H](CO)C(=O)N[C@@H](C)C(=O)NCC(=O)N[C@H](C(=O)NCC(=O)N1CCC[C@H]1C(=O)N[C@@H](CCCN=C(N)N)C(=O)N[C@@H](CC(C)C)C(=O)NCC(=O)O)[C@@H](C)O. The number of rotatable bonds is 51. The molecule has 46 heteroatoms. The Bertz CT molecular complexity index is 3410. The number of carbonyl (C=O) groups is 18. The normalized spacial score (nSPS) is 16.9. The molecule has 0 spiro atoms. The van der Waals surface area contributed by atoms with Gasteiger partial charge in [-0.05, 0) is 129 Å². The summed E-state index contributed by atoms with van der Waals surface area (Å²) in [6.07, 6.45) is 0.955. The molecule has 2 heterocycles. The van der Waals surface area contributed by atoms with E-state index >= 15 is 0 Å². The zero-order valence-electron chi connectivity index (χ0n) is 65.9. The number of thioether (sulfide) groups is 1. The minimum Gasteiger partial charge on any atom is -0.480 e. The average molecular weight is 1640 g/mol. The zero-order chi connectivity index (χ0) is 86.2. The Morgan fingerprint density at radius 3 is 1.40 bits per heavy atom. The van der Waals surface area contributed by atoms with Gasteiger partial charge < -0.3 is 134 Å². The predicted molar refractivity (Wildman–Crippen MR) is 412 cm³/mol. The summed E-state index contributed by atoms with van der Waals surface area (Å²) in [7, 11) is 0. The van der Waals surface area contributed by atoms with Crippen LogP contribution in [0.25, 0.3) is 0 Å². The molecule has 642 valence electrons. The van der Waals surface area contributed by atoms with E-state index in [1.165, 1.54) is 30.5 Å². The van der Waals surface area contributed by atoms with Crippen molar-refractivity contribution < 1.29 is 102 Å². The maximum absolute atomic E-state index is 14.1. The molecule has 0 bridgehead atoms. The summed E-state index contributed by atoms with van der Waals surface area (Å²) in [6.45, 7) is 7.96. The quantitative estimate of drug-likeness (QED) is 0.0153. The third-order valence-corrected chi connectivity index (χ3v) is 18.3. The topological polar surface area (TPSA) is 724 Å². The number of aliphatic carboxylic acids is 1. The first-order chi connectivity index (χ1) is 53.5. The summed E-state index contributed by atoms with van der Waals surface area (Å²) < 4.78 is 0. The molecule has 2 aliphatic rings. The number of nitrogens with one attached hydrogen (secondary N) is 14. The van der Waals surface area contributed by atoms with Crippen molar-refractivity contribution in [1.82, 2.24) is 84.2 Å². The number of primary amides is 1. The molecule has 2 aliphatic heterocycles. The van der Waals surface area contributed by atoms with E-state index in [0.29, 0.717) is 25.0 Å². The highest BCUT2D eigenvalue weighted by Crippen LogP contribution is 2.22. The second-order valence-electron chi connectivity index (χ2n) is 28.3. The molecule has 0 aromatic rings. The highest BCUT2D eigenvalue weighted by Gasteiger charge is 2.41. The molecule has 2 rings (SSSR count). The third kappa shape index (κ3) is 36.8. The summed E-state index contributed by atoms with van der Waals surface area (Å²) in [5.41, 5.74) is 33.2. The summed E-state index contributed by atoms with van der Waals surface area (Å²) in [5.74, 6) is -16.6. The van der Waals surface area contributed by atoms with Crippen LogP contribution in [0.5, 0.6) is 0 Å². The van der Waals surface area contributed by atoms with Gasteiger partial charge in [0.2, 0.25) is 100 Å². The van der Waals surface area contributed by atoms with E-state index in [9.17, 15) is 96.5 Å². The molecular weight excluding hydrogens is 1520 g/mol. The second-order valence-corrected chi connectivity index (χ2v) is 29.3. The Labute approximate surface area is 664 Å². The van der Waals surface area contributed by atoms with Crippen molar-refractivity contribution in [2.45, 2.75) is 224 Å². The number of nitrogens with two attached hydrogens (primary N) is 6. The molecule has 0 unspecified atom stereocenters. The molecule has 2 saturated heterocycles. The Balaban J connectivity index is 2.08. The molecule has 29 N–H and O–H groups in total. The molecule has 17 amide bonds. The molecule has 0 saturated carbocycles. The number of hydrogen-bond acceptors (Lipinski definition) is 24. The van der Waals surface area contributed by atoms with Crippen LogP contribution in [0.15, 0.2) is 9.98 Å². The van der Waals surface area contributed by atoms with Crippen LogP contribution < -0.4 is 109 Å². The van der Waals surface area contributed by atoms with Crippen molar-refractivity contribution in [2.75, 3.05) is 71.0 Å². The number of nitrogens with zero attached hydrogens (tertiary/aromatic N) is 4. The number of aliphatic imine (C=N–C) groups is 2. The molecule has 2 fully saturated rings. The molecule has 114 heavy (non-hydrogen) atoms. The largest absolute Gasteiger partial charge is 0.480 e. The van der Waals surface area contributed by atoms with Gasteiger partial charge in [-0.2, -0.15) is 11.8 Å². The number of hydrogen-bond donors (Lipinski definition) is 23. The molecule has 0 aromatic carbocycles. The fraction of sp³-hybridized carbons (Fsp3) is 0.706. The van der Waals surface area contributed by atoms with E-state index in [1.807, 2.05) is 6.26 Å². The van der Waals surface area contributed by atoms with Gasteiger partial charge >= 0.3 is 5.97 Å². The maximum Gasteiger partial charge on any atom is 0.322 e. The van der Waals surface area contributed by atoms with E-state index in [1.54, 1.807) is 27.7 Å². The number of aliphatic hydroxyl groups excluding tert-OH is 2. The Morgan fingerprint density at radius 2 is 0.886 bits per heavy atom. The smallest absolute Gasteiger partial charge is 0.322 e. The van der Waals surface area contributed by atoms with Gasteiger partial charge in [0.1, 0.15) is 79.0 Å². The van der Waals surface area contributed by atoms with Crippen molar-refractivity contribution in [3.63, 3.8) is 0 Å². The highest BCUT2D eigenvalue weighted by molar-refractivity contribution is 7.98. The van der Waals surface area contributed by atoms with Gasteiger partial charge in [-0.1, -0.05) is 27.7 Å². The van der Waals surface area contributed by atoms with E-state index in [2.05, 4.69) is 84.4 Å². The van der Waals surface area contributed by atoms with Crippen molar-refractivity contribution in [2.24, 2.45) is 56.2 Å². The molecular formula is C68H118N24O21S. The van der Waals surface area contributed by atoms with E-state index in [0.717, 1.165) is 18.7 Å². The van der Waals surface area contributed by atoms with Crippen molar-refractivity contribution in [3.05, 3.63) is 0 Å². The van der Waals surface area contributed by atoms with Gasteiger partial charge in [0.05, 0.1) is 38.4 Å². The van der Waals surface area contributed by atoms with E-state index in [4.69, 9.17) is 39.5 Å². The first-order valence-corrected chi connectivity index (χ1v) is 38.8. The summed E-state index contributed by atoms with van der Waals surface area (Å²) >= 11 is 1.49. The average Bonchev–Trinajstić information content (AvgIpc) is 1.67. The number of guanidine groups is 2. The molecule has 45 nitrogen and oxygen atoms in total. The number of likely N-dealkylation sites (tertiary alicyclic amines) is 2. The molecule has 0 radical (unpaired) electrons. The minimum atomic E-state index is -1.84. The molecule has 14 atom stereocenters. The van der Waals surface area contributed by atoms with Crippen LogP contribution in [-0.2, 0) is 86.3 Å². The van der Waals surface area contributed by atoms with Crippen molar-refractivity contribution >= 4 is 130 Å². The first kappa shape index (κ1) is 99.3. The van der Waals surface area contributed by atoms with Crippen LogP contribution in [-0.4, -0.2) is 299 Å². The fourth-order valence-electron chi connectivity index (χ4n) is 11.6. The van der Waals surface area contributed by atoms with Crippen LogP contribution in [0.1, 0.15) is 139 Å². The second kappa shape index (κ2) is 51.1. The predicted octanol–water partition coefficient (Wildman–Crippen LogP) is -10.7. The van der Waals surface area contributed by atoms with Gasteiger partial charge in [0.15, 0.2) is 11.9 Å². The number of carbonyl (C=O) groups excluding carboxylic acids is 17. The third-order valence-electron chi connectivity index (χ3n) is 17.7. The number of aliphatic hydroxyl groups is 2. The Hall–Kier alpha value is -10.8. The molecule has 0 aromatic heterocycles. The lowest BCUT2D eigenvalue weighted by Crippen LogP contribution is -2.59. The lowest BCUT2D eigenvalue weighted by molar-refractivity contribution is -0.142. The van der Waals surface area contributed by atoms with E-state index < -0.39 is 237 Å².